The number of ether oxygens (including phenoxy) is 3. The van der Waals surface area contributed by atoms with Crippen molar-refractivity contribution in [3.8, 4) is 5.75 Å². The van der Waals surface area contributed by atoms with E-state index in [2.05, 4.69) is 0 Å². The van der Waals surface area contributed by atoms with E-state index < -0.39 is 18.0 Å². The molecule has 0 spiro atoms. The zero-order valence-electron chi connectivity index (χ0n) is 11.8. The summed E-state index contributed by atoms with van der Waals surface area (Å²) in [6, 6.07) is 7.25. The summed E-state index contributed by atoms with van der Waals surface area (Å²) in [5.74, 6) is 0.736. The number of methoxy groups -OCH3 is 3. The first-order valence-corrected chi connectivity index (χ1v) is 6.07. The van der Waals surface area contributed by atoms with E-state index in [0.29, 0.717) is 0 Å². The van der Waals surface area contributed by atoms with E-state index in [4.69, 9.17) is 14.2 Å². The maximum atomic E-state index is 10.6. The average Bonchev–Trinajstić information content (AvgIpc) is 2.40. The highest BCUT2D eigenvalue weighted by Crippen LogP contribution is 2.25. The molecule has 0 aromatic heterocycles. The maximum absolute atomic E-state index is 10.6. The topological polar surface area (TPSA) is 68.2 Å². The number of benzene rings is 1. The van der Waals surface area contributed by atoms with Gasteiger partial charge in [-0.2, -0.15) is 0 Å². The lowest BCUT2D eigenvalue weighted by atomic mass is 9.89. The van der Waals surface area contributed by atoms with Gasteiger partial charge in [-0.1, -0.05) is 12.1 Å². The molecule has 2 N–H and O–H groups in total. The highest BCUT2D eigenvalue weighted by molar-refractivity contribution is 5.28. The fourth-order valence-electron chi connectivity index (χ4n) is 2.00. The molecule has 108 valence electrons. The number of hydrogen-bond donors (Lipinski definition) is 2. The zero-order chi connectivity index (χ0) is 14.5. The molecule has 0 aliphatic heterocycles. The molecule has 1 rings (SSSR count). The molecule has 0 aliphatic carbocycles. The summed E-state index contributed by atoms with van der Waals surface area (Å²) < 4.78 is 15.2. The quantitative estimate of drug-likeness (QED) is 0.723. The summed E-state index contributed by atoms with van der Waals surface area (Å²) in [7, 11) is 4.44. The lowest BCUT2D eigenvalue weighted by Gasteiger charge is -2.36. The molecule has 0 aliphatic rings. The smallest absolute Gasteiger partial charge is 0.188 e. The molecule has 19 heavy (non-hydrogen) atoms. The van der Waals surface area contributed by atoms with Crippen molar-refractivity contribution in [3.63, 3.8) is 0 Å². The van der Waals surface area contributed by atoms with Crippen molar-refractivity contribution in [1.29, 1.82) is 0 Å². The molecule has 1 aromatic carbocycles. The van der Waals surface area contributed by atoms with Crippen LogP contribution in [0.1, 0.15) is 12.5 Å². The van der Waals surface area contributed by atoms with Crippen LogP contribution in [-0.4, -0.2) is 49.5 Å². The molecule has 0 radical (unpaired) electrons. The van der Waals surface area contributed by atoms with E-state index in [-0.39, 0.29) is 6.42 Å². The maximum Gasteiger partial charge on any atom is 0.188 e. The Morgan fingerprint density at radius 1 is 1.11 bits per heavy atom. The van der Waals surface area contributed by atoms with Crippen molar-refractivity contribution in [3.05, 3.63) is 29.8 Å². The molecule has 0 bridgehead atoms. The Morgan fingerprint density at radius 3 is 2.00 bits per heavy atom. The lowest BCUT2D eigenvalue weighted by Crippen LogP contribution is -2.54. The first kappa shape index (κ1) is 15.9. The van der Waals surface area contributed by atoms with Gasteiger partial charge in [0.1, 0.15) is 11.4 Å². The van der Waals surface area contributed by atoms with Crippen molar-refractivity contribution in [2.24, 2.45) is 0 Å². The van der Waals surface area contributed by atoms with Gasteiger partial charge in [0.25, 0.3) is 0 Å². The number of aliphatic hydroxyl groups excluding tert-OH is 1. The summed E-state index contributed by atoms with van der Waals surface area (Å²) in [4.78, 5) is 0. The number of rotatable bonds is 7. The van der Waals surface area contributed by atoms with Crippen LogP contribution >= 0.6 is 0 Å². The third-order valence-corrected chi connectivity index (χ3v) is 3.21. The van der Waals surface area contributed by atoms with Gasteiger partial charge < -0.3 is 24.4 Å². The predicted octanol–water partition coefficient (Wildman–Crippen LogP) is 0.968. The molecule has 0 amide bonds. The summed E-state index contributed by atoms with van der Waals surface area (Å²) >= 11 is 0. The first-order chi connectivity index (χ1) is 8.97. The Bertz CT molecular complexity index is 372. The SMILES string of the molecule is COc1ccc(C[C@@](O)(C(OC)OC)[C@H](C)O)cc1. The van der Waals surface area contributed by atoms with Gasteiger partial charge in [0.05, 0.1) is 13.2 Å². The van der Waals surface area contributed by atoms with E-state index in [9.17, 15) is 10.2 Å². The van der Waals surface area contributed by atoms with E-state index in [0.717, 1.165) is 11.3 Å². The minimum absolute atomic E-state index is 0.209. The van der Waals surface area contributed by atoms with Crippen molar-refractivity contribution in [1.82, 2.24) is 0 Å². The molecular weight excluding hydrogens is 248 g/mol. The second kappa shape index (κ2) is 6.86. The Kier molecular flexibility index (Phi) is 5.75. The number of hydrogen-bond acceptors (Lipinski definition) is 5. The molecule has 0 unspecified atom stereocenters. The van der Waals surface area contributed by atoms with Crippen LogP contribution < -0.4 is 4.74 Å². The van der Waals surface area contributed by atoms with Gasteiger partial charge in [-0.05, 0) is 24.6 Å². The minimum Gasteiger partial charge on any atom is -0.497 e. The normalized spacial score (nSPS) is 16.2. The monoisotopic (exact) mass is 270 g/mol. The Labute approximate surface area is 113 Å². The second-order valence-electron chi connectivity index (χ2n) is 4.50. The van der Waals surface area contributed by atoms with E-state index in [1.165, 1.54) is 21.1 Å². The Balaban J connectivity index is 2.94. The van der Waals surface area contributed by atoms with Crippen LogP contribution in [0.3, 0.4) is 0 Å². The van der Waals surface area contributed by atoms with Gasteiger partial charge in [-0.3, -0.25) is 0 Å². The second-order valence-corrected chi connectivity index (χ2v) is 4.50. The molecule has 0 fully saturated rings. The number of aliphatic hydroxyl groups is 2. The largest absolute Gasteiger partial charge is 0.497 e. The van der Waals surface area contributed by atoms with Crippen LogP contribution in [0, 0.1) is 0 Å². The fourth-order valence-corrected chi connectivity index (χ4v) is 2.00. The van der Waals surface area contributed by atoms with Gasteiger partial charge >= 0.3 is 0 Å². The zero-order valence-corrected chi connectivity index (χ0v) is 11.8. The van der Waals surface area contributed by atoms with E-state index >= 15 is 0 Å². The van der Waals surface area contributed by atoms with Crippen LogP contribution in [0.15, 0.2) is 24.3 Å². The molecular formula is C14H22O5. The van der Waals surface area contributed by atoms with E-state index in [1.807, 2.05) is 12.1 Å². The van der Waals surface area contributed by atoms with Crippen molar-refractivity contribution in [2.45, 2.75) is 31.3 Å². The van der Waals surface area contributed by atoms with Gasteiger partial charge in [-0.25, -0.2) is 0 Å². The summed E-state index contributed by atoms with van der Waals surface area (Å²) in [6.45, 7) is 1.51. The van der Waals surface area contributed by atoms with Crippen molar-refractivity contribution in [2.75, 3.05) is 21.3 Å². The average molecular weight is 270 g/mol. The van der Waals surface area contributed by atoms with Gasteiger partial charge in [0, 0.05) is 20.6 Å². The Morgan fingerprint density at radius 2 is 1.63 bits per heavy atom. The molecule has 5 nitrogen and oxygen atoms in total. The first-order valence-electron chi connectivity index (χ1n) is 6.07. The standard InChI is InChI=1S/C14H22O5/c1-10(15)14(16,13(18-3)19-4)9-11-5-7-12(17-2)8-6-11/h5-8,10,13,15-16H,9H2,1-4H3/t10-,14-/m0/s1. The van der Waals surface area contributed by atoms with Crippen LogP contribution in [0.25, 0.3) is 0 Å². The molecule has 2 atom stereocenters. The summed E-state index contributed by atoms with van der Waals surface area (Å²) in [6.07, 6.45) is -1.70. The third kappa shape index (κ3) is 3.67. The van der Waals surface area contributed by atoms with Gasteiger partial charge in [0.2, 0.25) is 0 Å². The van der Waals surface area contributed by atoms with E-state index in [1.54, 1.807) is 19.2 Å². The molecule has 1 aromatic rings. The van der Waals surface area contributed by atoms with Crippen molar-refractivity contribution < 1.29 is 24.4 Å². The molecule has 0 heterocycles. The van der Waals surface area contributed by atoms with Gasteiger partial charge in [-0.15, -0.1) is 0 Å². The summed E-state index contributed by atoms with van der Waals surface area (Å²) in [5, 5.41) is 20.4. The van der Waals surface area contributed by atoms with Crippen LogP contribution in [0.5, 0.6) is 5.75 Å². The summed E-state index contributed by atoms with van der Waals surface area (Å²) in [5.41, 5.74) is -0.666. The fraction of sp³-hybridized carbons (Fsp3) is 0.571. The Hall–Kier alpha value is -1.14. The highest BCUT2D eigenvalue weighted by atomic mass is 16.7. The predicted molar refractivity (Wildman–Crippen MR) is 71.1 cm³/mol. The van der Waals surface area contributed by atoms with Crippen LogP contribution in [0.2, 0.25) is 0 Å². The van der Waals surface area contributed by atoms with Crippen molar-refractivity contribution >= 4 is 0 Å². The van der Waals surface area contributed by atoms with Crippen LogP contribution in [0.4, 0.5) is 0 Å². The lowest BCUT2D eigenvalue weighted by molar-refractivity contribution is -0.244. The third-order valence-electron chi connectivity index (χ3n) is 3.21. The minimum atomic E-state index is -1.52. The van der Waals surface area contributed by atoms with Gasteiger partial charge in [0.15, 0.2) is 6.29 Å². The molecule has 5 heteroatoms. The molecule has 0 saturated carbocycles. The highest BCUT2D eigenvalue weighted by Gasteiger charge is 2.42. The molecule has 0 saturated heterocycles. The van der Waals surface area contributed by atoms with Crippen LogP contribution in [-0.2, 0) is 15.9 Å².